The van der Waals surface area contributed by atoms with Crippen molar-refractivity contribution < 1.29 is 9.90 Å². The Labute approximate surface area is 42.2 Å². The standard InChI is InChI=1S/C4H6O2.H3N/c1-2-3-4(5)6;/h2-3H,1H3,(H,5,6);1H3/b3-2-;. The van der Waals surface area contributed by atoms with Crippen LogP contribution in [0.25, 0.3) is 0 Å². The molecule has 0 heterocycles. The van der Waals surface area contributed by atoms with Crippen LogP contribution < -0.4 is 11.3 Å². The highest BCUT2D eigenvalue weighted by atomic mass is 16.4. The van der Waals surface area contributed by atoms with Gasteiger partial charge in [0.15, 0.2) is 0 Å². The molecule has 0 unspecified atom stereocenters. The van der Waals surface area contributed by atoms with Gasteiger partial charge in [-0.25, -0.2) is 0 Å². The molecule has 0 aliphatic carbocycles. The van der Waals surface area contributed by atoms with Gasteiger partial charge in [-0.3, -0.25) is 0 Å². The van der Waals surface area contributed by atoms with Crippen molar-refractivity contribution in [2.24, 2.45) is 0 Å². The second-order valence-electron chi connectivity index (χ2n) is 0.819. The molecule has 7 heavy (non-hydrogen) atoms. The van der Waals surface area contributed by atoms with Gasteiger partial charge in [-0.1, -0.05) is 6.08 Å². The summed E-state index contributed by atoms with van der Waals surface area (Å²) in [6.45, 7) is 1.62. The van der Waals surface area contributed by atoms with E-state index in [1.807, 2.05) is 0 Å². The lowest BCUT2D eigenvalue weighted by molar-refractivity contribution is -0.297. The third kappa shape index (κ3) is 11.0. The Morgan fingerprint density at radius 1 is 1.71 bits per heavy atom. The van der Waals surface area contributed by atoms with Gasteiger partial charge in [-0.15, -0.1) is 0 Å². The molecule has 0 aliphatic rings. The SMILES string of the molecule is C/C=C\C(=O)[O-].[NH4+]. The Morgan fingerprint density at radius 2 is 2.14 bits per heavy atom. The molecular weight excluding hydrogens is 94.0 g/mol. The number of carboxylic acid groups (broad SMARTS) is 1. The van der Waals surface area contributed by atoms with Crippen molar-refractivity contribution in [2.45, 2.75) is 6.92 Å². The van der Waals surface area contributed by atoms with Gasteiger partial charge in [0, 0.05) is 0 Å². The maximum atomic E-state index is 9.40. The summed E-state index contributed by atoms with van der Waals surface area (Å²) < 4.78 is 0. The van der Waals surface area contributed by atoms with Gasteiger partial charge < -0.3 is 16.1 Å². The molecule has 0 aliphatic heterocycles. The predicted octanol–water partition coefficient (Wildman–Crippen LogP) is -0.311. The third-order valence-corrected chi connectivity index (χ3v) is 0.303. The van der Waals surface area contributed by atoms with Crippen molar-refractivity contribution in [1.29, 1.82) is 0 Å². The monoisotopic (exact) mass is 103 g/mol. The summed E-state index contributed by atoms with van der Waals surface area (Å²) in [6, 6.07) is 0. The molecule has 0 fully saturated rings. The molecule has 0 atom stereocenters. The topological polar surface area (TPSA) is 76.6 Å². The normalized spacial score (nSPS) is 8.14. The van der Waals surface area contributed by atoms with Gasteiger partial charge in [0.05, 0.1) is 5.97 Å². The average molecular weight is 103 g/mol. The van der Waals surface area contributed by atoms with Crippen molar-refractivity contribution in [3.05, 3.63) is 12.2 Å². The number of allylic oxidation sites excluding steroid dienone is 1. The Balaban J connectivity index is 0. The lowest BCUT2D eigenvalue weighted by atomic mass is 10.5. The predicted molar refractivity (Wildman–Crippen MR) is 25.8 cm³/mol. The fraction of sp³-hybridized carbons (Fsp3) is 0.250. The number of aliphatic carboxylic acids is 1. The van der Waals surface area contributed by atoms with Crippen molar-refractivity contribution in [3.63, 3.8) is 0 Å². The summed E-state index contributed by atoms with van der Waals surface area (Å²) in [4.78, 5) is 9.40. The Kier molecular flexibility index (Phi) is 7.00. The molecule has 0 saturated carbocycles. The zero-order chi connectivity index (χ0) is 4.99. The van der Waals surface area contributed by atoms with Gasteiger partial charge in [-0.05, 0) is 13.0 Å². The minimum atomic E-state index is -1.14. The molecule has 0 saturated heterocycles. The zero-order valence-electron chi connectivity index (χ0n) is 4.47. The van der Waals surface area contributed by atoms with Gasteiger partial charge in [0.1, 0.15) is 0 Å². The van der Waals surface area contributed by atoms with Gasteiger partial charge in [-0.2, -0.15) is 0 Å². The quantitative estimate of drug-likeness (QED) is 0.462. The van der Waals surface area contributed by atoms with E-state index >= 15 is 0 Å². The molecule has 3 nitrogen and oxygen atoms in total. The van der Waals surface area contributed by atoms with E-state index in [1.54, 1.807) is 6.92 Å². The number of carbonyl (C=O) groups excluding carboxylic acids is 1. The van der Waals surface area contributed by atoms with Crippen LogP contribution in [-0.4, -0.2) is 5.97 Å². The Bertz CT molecular complexity index is 77.8. The van der Waals surface area contributed by atoms with Crippen LogP contribution in [0.5, 0.6) is 0 Å². The van der Waals surface area contributed by atoms with E-state index in [0.29, 0.717) is 0 Å². The van der Waals surface area contributed by atoms with Gasteiger partial charge in [0.2, 0.25) is 0 Å². The minimum absolute atomic E-state index is 0. The molecule has 42 valence electrons. The molecule has 0 aromatic carbocycles. The highest BCUT2D eigenvalue weighted by Crippen LogP contribution is 1.61. The molecule has 0 radical (unpaired) electrons. The Hall–Kier alpha value is -0.830. The maximum Gasteiger partial charge on any atom is 0.0639 e. The number of quaternary nitrogens is 1. The van der Waals surface area contributed by atoms with Crippen LogP contribution >= 0.6 is 0 Å². The maximum absolute atomic E-state index is 9.40. The molecule has 0 amide bonds. The molecule has 0 rings (SSSR count). The molecule has 0 aromatic heterocycles. The first-order chi connectivity index (χ1) is 2.77. The summed E-state index contributed by atoms with van der Waals surface area (Å²) in [7, 11) is 0. The number of hydrogen-bond acceptors (Lipinski definition) is 2. The van der Waals surface area contributed by atoms with Crippen molar-refractivity contribution in [3.8, 4) is 0 Å². The molecule has 0 bridgehead atoms. The summed E-state index contributed by atoms with van der Waals surface area (Å²) in [6.07, 6.45) is 2.38. The summed E-state index contributed by atoms with van der Waals surface area (Å²) in [5.41, 5.74) is 0. The van der Waals surface area contributed by atoms with Crippen LogP contribution in [0.4, 0.5) is 0 Å². The zero-order valence-corrected chi connectivity index (χ0v) is 4.47. The smallest absolute Gasteiger partial charge is 0.0639 e. The van der Waals surface area contributed by atoms with E-state index in [4.69, 9.17) is 0 Å². The third-order valence-electron chi connectivity index (χ3n) is 0.303. The molecule has 4 N–H and O–H groups in total. The van der Waals surface area contributed by atoms with Gasteiger partial charge >= 0.3 is 0 Å². The highest BCUT2D eigenvalue weighted by Gasteiger charge is 1.61. The number of hydrogen-bond donors (Lipinski definition) is 1. The van der Waals surface area contributed by atoms with Crippen molar-refractivity contribution >= 4 is 5.97 Å². The summed E-state index contributed by atoms with van der Waals surface area (Å²) in [5, 5.41) is 9.40. The second kappa shape index (κ2) is 5.17. The van der Waals surface area contributed by atoms with E-state index in [-0.39, 0.29) is 6.15 Å². The first-order valence-electron chi connectivity index (χ1n) is 1.61. The average Bonchev–Trinajstić information content (AvgIpc) is 1.35. The number of rotatable bonds is 1. The van der Waals surface area contributed by atoms with Crippen LogP contribution in [0.3, 0.4) is 0 Å². The number of carbonyl (C=O) groups is 1. The summed E-state index contributed by atoms with van der Waals surface area (Å²) in [5.74, 6) is -1.14. The fourth-order valence-corrected chi connectivity index (χ4v) is 0.136. The summed E-state index contributed by atoms with van der Waals surface area (Å²) >= 11 is 0. The molecule has 3 heteroatoms. The van der Waals surface area contributed by atoms with E-state index in [1.165, 1.54) is 6.08 Å². The Morgan fingerprint density at radius 3 is 2.14 bits per heavy atom. The largest absolute Gasteiger partial charge is 0.545 e. The lowest BCUT2D eigenvalue weighted by Crippen LogP contribution is -2.18. The van der Waals surface area contributed by atoms with E-state index in [0.717, 1.165) is 6.08 Å². The van der Waals surface area contributed by atoms with E-state index in [9.17, 15) is 9.90 Å². The lowest BCUT2D eigenvalue weighted by Gasteiger charge is -1.83. The first kappa shape index (κ1) is 9.48. The highest BCUT2D eigenvalue weighted by molar-refractivity contribution is 5.77. The first-order valence-corrected chi connectivity index (χ1v) is 1.61. The molecule has 0 spiro atoms. The van der Waals surface area contributed by atoms with Crippen LogP contribution in [0, 0.1) is 0 Å². The van der Waals surface area contributed by atoms with Crippen LogP contribution in [-0.2, 0) is 4.79 Å². The van der Waals surface area contributed by atoms with Crippen molar-refractivity contribution in [1.82, 2.24) is 6.15 Å². The molecule has 0 aromatic rings. The minimum Gasteiger partial charge on any atom is -0.545 e. The number of carboxylic acids is 1. The molecular formula is C4H9NO2. The van der Waals surface area contributed by atoms with E-state index < -0.39 is 5.97 Å². The second-order valence-corrected chi connectivity index (χ2v) is 0.819. The van der Waals surface area contributed by atoms with Crippen LogP contribution in [0.2, 0.25) is 0 Å². The van der Waals surface area contributed by atoms with Crippen LogP contribution in [0.1, 0.15) is 6.92 Å². The van der Waals surface area contributed by atoms with Crippen LogP contribution in [0.15, 0.2) is 12.2 Å². The van der Waals surface area contributed by atoms with Gasteiger partial charge in [0.25, 0.3) is 0 Å². The fourth-order valence-electron chi connectivity index (χ4n) is 0.136. The van der Waals surface area contributed by atoms with Crippen molar-refractivity contribution in [2.75, 3.05) is 0 Å². The van der Waals surface area contributed by atoms with E-state index in [2.05, 4.69) is 0 Å².